The highest BCUT2D eigenvalue weighted by Crippen LogP contribution is 2.28. The average Bonchev–Trinajstić information content (AvgIpc) is 3.19. The van der Waals surface area contributed by atoms with E-state index >= 15 is 0 Å². The van der Waals surface area contributed by atoms with Gasteiger partial charge in [-0.1, -0.05) is 6.07 Å². The van der Waals surface area contributed by atoms with Crippen LogP contribution in [0.25, 0.3) is 17.1 Å². The minimum Gasteiger partial charge on any atom is -0.393 e. The van der Waals surface area contributed by atoms with E-state index in [9.17, 15) is 13.5 Å². The number of hydrogen-bond donors (Lipinski definition) is 3. The van der Waals surface area contributed by atoms with Crippen LogP contribution in [0.5, 0.6) is 0 Å². The molecule has 4 rings (SSSR count). The highest BCUT2D eigenvalue weighted by molar-refractivity contribution is 7.89. The molecule has 4 N–H and O–H groups in total. The predicted molar refractivity (Wildman–Crippen MR) is 105 cm³/mol. The van der Waals surface area contributed by atoms with Gasteiger partial charge in [0.2, 0.25) is 10.0 Å². The fourth-order valence-electron chi connectivity index (χ4n) is 3.23. The third kappa shape index (κ3) is 3.97. The zero-order valence-electron chi connectivity index (χ0n) is 15.7. The van der Waals surface area contributed by atoms with Crippen molar-refractivity contribution in [3.8, 4) is 17.1 Å². The second-order valence-corrected chi connectivity index (χ2v) is 8.89. The summed E-state index contributed by atoms with van der Waals surface area (Å²) in [5.74, 6) is 0.664. The van der Waals surface area contributed by atoms with Crippen molar-refractivity contribution < 1.29 is 13.5 Å². The van der Waals surface area contributed by atoms with Gasteiger partial charge in [0.05, 0.1) is 22.9 Å². The molecule has 1 aliphatic carbocycles. The van der Waals surface area contributed by atoms with Gasteiger partial charge in [-0.25, -0.2) is 28.1 Å². The molecular formula is C18H21N7O3S. The minimum absolute atomic E-state index is 0.138. The highest BCUT2D eigenvalue weighted by atomic mass is 32.2. The van der Waals surface area contributed by atoms with Gasteiger partial charge in [0, 0.05) is 12.1 Å². The van der Waals surface area contributed by atoms with E-state index in [2.05, 4.69) is 24.8 Å². The normalized spacial score (nSPS) is 19.1. The number of nitrogen functional groups attached to an aromatic ring is 1. The number of aliphatic hydroxyl groups excluding tert-OH is 1. The molecule has 1 fully saturated rings. The van der Waals surface area contributed by atoms with E-state index in [0.717, 1.165) is 5.56 Å². The molecule has 0 aliphatic heterocycles. The standard InChI is InChI=1S/C18H21N7O3S/c1-11-2-3-14(29(27,28)23-7-12-4-13(26)5-12)6-15(11)16-8-21-17(19)18(24-16)25-10-20-9-22-25/h2-3,6,8-10,12-13,23,26H,4-5,7H2,1H3,(H2,19,21)/t12-,13+. The van der Waals surface area contributed by atoms with E-state index in [1.54, 1.807) is 18.2 Å². The Morgan fingerprint density at radius 3 is 2.83 bits per heavy atom. The first-order valence-electron chi connectivity index (χ1n) is 9.10. The van der Waals surface area contributed by atoms with Crippen molar-refractivity contribution in [2.75, 3.05) is 12.3 Å². The molecule has 0 radical (unpaired) electrons. The maximum atomic E-state index is 12.7. The molecule has 152 valence electrons. The Bertz CT molecular complexity index is 1130. The molecule has 0 bridgehead atoms. The van der Waals surface area contributed by atoms with Crippen LogP contribution in [0.15, 0.2) is 41.9 Å². The molecule has 0 saturated heterocycles. The van der Waals surface area contributed by atoms with E-state index in [4.69, 9.17) is 5.73 Å². The van der Waals surface area contributed by atoms with Crippen molar-refractivity contribution in [2.45, 2.75) is 30.8 Å². The number of aliphatic hydroxyl groups is 1. The van der Waals surface area contributed by atoms with Crippen molar-refractivity contribution in [2.24, 2.45) is 5.92 Å². The third-order valence-electron chi connectivity index (χ3n) is 4.99. The topological polar surface area (TPSA) is 149 Å². The highest BCUT2D eigenvalue weighted by Gasteiger charge is 2.28. The molecule has 1 aromatic carbocycles. The van der Waals surface area contributed by atoms with Crippen molar-refractivity contribution in [1.82, 2.24) is 29.5 Å². The number of nitrogens with zero attached hydrogens (tertiary/aromatic N) is 5. The number of benzene rings is 1. The summed E-state index contributed by atoms with van der Waals surface area (Å²) in [5.41, 5.74) is 7.85. The lowest BCUT2D eigenvalue weighted by Crippen LogP contribution is -2.38. The molecule has 0 unspecified atom stereocenters. The van der Waals surface area contributed by atoms with Crippen LogP contribution in [0.4, 0.5) is 5.82 Å². The lowest BCUT2D eigenvalue weighted by Gasteiger charge is -2.31. The van der Waals surface area contributed by atoms with Crippen LogP contribution in [0.3, 0.4) is 0 Å². The summed E-state index contributed by atoms with van der Waals surface area (Å²) < 4.78 is 29.4. The van der Waals surface area contributed by atoms with Gasteiger partial charge < -0.3 is 10.8 Å². The minimum atomic E-state index is -3.69. The Hall–Kier alpha value is -2.89. The molecule has 2 heterocycles. The summed E-state index contributed by atoms with van der Waals surface area (Å²) in [4.78, 5) is 12.7. The van der Waals surface area contributed by atoms with Crippen LogP contribution in [0.1, 0.15) is 18.4 Å². The second kappa shape index (κ2) is 7.50. The number of rotatable bonds is 6. The molecule has 2 aromatic heterocycles. The molecule has 0 amide bonds. The third-order valence-corrected chi connectivity index (χ3v) is 6.41. The molecule has 11 heteroatoms. The van der Waals surface area contributed by atoms with Gasteiger partial charge in [-0.05, 0) is 43.4 Å². The van der Waals surface area contributed by atoms with E-state index in [-0.39, 0.29) is 22.7 Å². The van der Waals surface area contributed by atoms with Crippen LogP contribution >= 0.6 is 0 Å². The van der Waals surface area contributed by atoms with Gasteiger partial charge in [0.1, 0.15) is 12.7 Å². The Balaban J connectivity index is 1.64. The van der Waals surface area contributed by atoms with Gasteiger partial charge >= 0.3 is 0 Å². The summed E-state index contributed by atoms with van der Waals surface area (Å²) in [6, 6.07) is 4.85. The Morgan fingerprint density at radius 1 is 1.34 bits per heavy atom. The lowest BCUT2D eigenvalue weighted by atomic mass is 9.83. The fourth-order valence-corrected chi connectivity index (χ4v) is 4.37. The van der Waals surface area contributed by atoms with Crippen LogP contribution in [-0.2, 0) is 10.0 Å². The quantitative estimate of drug-likeness (QED) is 0.532. The number of nitrogens with two attached hydrogens (primary N) is 1. The first kappa shape index (κ1) is 19.4. The molecule has 0 atom stereocenters. The first-order valence-corrected chi connectivity index (χ1v) is 10.6. The van der Waals surface area contributed by atoms with E-state index in [1.165, 1.54) is 23.5 Å². The Kier molecular flexibility index (Phi) is 5.03. The zero-order chi connectivity index (χ0) is 20.6. The number of aromatic nitrogens is 5. The number of hydrogen-bond acceptors (Lipinski definition) is 8. The number of anilines is 1. The Morgan fingerprint density at radius 2 is 2.14 bits per heavy atom. The summed E-state index contributed by atoms with van der Waals surface area (Å²) in [6.45, 7) is 2.17. The number of aryl methyl sites for hydroxylation is 1. The largest absolute Gasteiger partial charge is 0.393 e. The van der Waals surface area contributed by atoms with E-state index in [0.29, 0.717) is 36.5 Å². The van der Waals surface area contributed by atoms with Gasteiger partial charge in [-0.15, -0.1) is 0 Å². The molecule has 1 saturated carbocycles. The monoisotopic (exact) mass is 415 g/mol. The van der Waals surface area contributed by atoms with Gasteiger partial charge in [0.15, 0.2) is 11.6 Å². The molecule has 1 aliphatic rings. The molecule has 3 aromatic rings. The van der Waals surface area contributed by atoms with Gasteiger partial charge in [0.25, 0.3) is 0 Å². The molecular weight excluding hydrogens is 394 g/mol. The lowest BCUT2D eigenvalue weighted by molar-refractivity contribution is 0.0453. The SMILES string of the molecule is Cc1ccc(S(=O)(=O)NC[C@H]2C[C@@H](O)C2)cc1-c1cnc(N)c(-n2cncn2)n1. The van der Waals surface area contributed by atoms with Crippen LogP contribution in [-0.4, -0.2) is 50.9 Å². The summed E-state index contributed by atoms with van der Waals surface area (Å²) in [6.07, 6.45) is 5.23. The fraction of sp³-hybridized carbons (Fsp3) is 0.333. The average molecular weight is 415 g/mol. The summed E-state index contributed by atoms with van der Waals surface area (Å²) in [5, 5.41) is 13.4. The maximum Gasteiger partial charge on any atom is 0.240 e. The molecule has 0 spiro atoms. The van der Waals surface area contributed by atoms with E-state index in [1.807, 2.05) is 6.92 Å². The maximum absolute atomic E-state index is 12.7. The summed E-state index contributed by atoms with van der Waals surface area (Å²) in [7, 11) is -3.69. The van der Waals surface area contributed by atoms with Gasteiger partial charge in [-0.2, -0.15) is 9.78 Å². The van der Waals surface area contributed by atoms with E-state index < -0.39 is 10.0 Å². The zero-order valence-corrected chi connectivity index (χ0v) is 16.5. The van der Waals surface area contributed by atoms with Crippen molar-refractivity contribution in [1.29, 1.82) is 0 Å². The van der Waals surface area contributed by atoms with Crippen molar-refractivity contribution in [3.63, 3.8) is 0 Å². The predicted octanol–water partition coefficient (Wildman–Crippen LogP) is 0.664. The molecule has 10 nitrogen and oxygen atoms in total. The van der Waals surface area contributed by atoms with Crippen LogP contribution in [0.2, 0.25) is 0 Å². The second-order valence-electron chi connectivity index (χ2n) is 7.12. The summed E-state index contributed by atoms with van der Waals surface area (Å²) >= 11 is 0. The number of sulfonamides is 1. The van der Waals surface area contributed by atoms with Crippen molar-refractivity contribution in [3.05, 3.63) is 42.6 Å². The molecule has 29 heavy (non-hydrogen) atoms. The smallest absolute Gasteiger partial charge is 0.240 e. The van der Waals surface area contributed by atoms with Gasteiger partial charge in [-0.3, -0.25) is 0 Å². The van der Waals surface area contributed by atoms with Crippen LogP contribution < -0.4 is 10.5 Å². The Labute approximate surface area is 167 Å². The first-order chi connectivity index (χ1) is 13.8. The number of nitrogens with one attached hydrogen (secondary N) is 1. The van der Waals surface area contributed by atoms with Crippen LogP contribution in [0, 0.1) is 12.8 Å². The van der Waals surface area contributed by atoms with Crippen molar-refractivity contribution >= 4 is 15.8 Å².